The number of aromatic nitrogens is 1. The van der Waals surface area contributed by atoms with Gasteiger partial charge in [-0.2, -0.15) is 0 Å². The van der Waals surface area contributed by atoms with E-state index in [4.69, 9.17) is 18.0 Å². The van der Waals surface area contributed by atoms with E-state index in [0.717, 1.165) is 30.3 Å². The van der Waals surface area contributed by atoms with Gasteiger partial charge < -0.3 is 10.6 Å². The summed E-state index contributed by atoms with van der Waals surface area (Å²) in [6.45, 7) is 4.23. The van der Waals surface area contributed by atoms with Gasteiger partial charge in [-0.1, -0.05) is 18.6 Å². The van der Waals surface area contributed by atoms with Crippen LogP contribution in [0.1, 0.15) is 31.7 Å². The first-order chi connectivity index (χ1) is 8.22. The van der Waals surface area contributed by atoms with Crippen LogP contribution in [0.5, 0.6) is 0 Å². The van der Waals surface area contributed by atoms with Gasteiger partial charge in [-0.3, -0.25) is 4.98 Å². The van der Waals surface area contributed by atoms with E-state index in [1.807, 2.05) is 12.3 Å². The van der Waals surface area contributed by atoms with Gasteiger partial charge >= 0.3 is 0 Å². The van der Waals surface area contributed by atoms with Crippen LogP contribution < -0.4 is 10.6 Å². The third kappa shape index (κ3) is 2.75. The van der Waals surface area contributed by atoms with Crippen molar-refractivity contribution in [3.05, 3.63) is 24.0 Å². The largest absolute Gasteiger partial charge is 0.389 e. The van der Waals surface area contributed by atoms with Gasteiger partial charge in [-0.25, -0.2) is 0 Å². The van der Waals surface area contributed by atoms with Crippen molar-refractivity contribution >= 4 is 22.9 Å². The van der Waals surface area contributed by atoms with Crippen LogP contribution in [0.15, 0.2) is 18.5 Å². The maximum atomic E-state index is 5.76. The molecule has 0 aliphatic heterocycles. The molecule has 0 bridgehead atoms. The number of pyridine rings is 1. The molecule has 1 fully saturated rings. The maximum Gasteiger partial charge on any atom is 0.106 e. The Morgan fingerprint density at radius 1 is 1.59 bits per heavy atom. The number of rotatable bonds is 5. The molecule has 2 rings (SSSR count). The summed E-state index contributed by atoms with van der Waals surface area (Å²) in [4.78, 5) is 6.98. The summed E-state index contributed by atoms with van der Waals surface area (Å²) in [6, 6.07) is 1.90. The number of nitrogens with zero attached hydrogens (tertiary/aromatic N) is 2. The van der Waals surface area contributed by atoms with Crippen molar-refractivity contribution in [2.24, 2.45) is 11.7 Å². The Morgan fingerprint density at radius 3 is 2.88 bits per heavy atom. The van der Waals surface area contributed by atoms with E-state index in [-0.39, 0.29) is 0 Å². The summed E-state index contributed by atoms with van der Waals surface area (Å²) in [6.07, 6.45) is 7.68. The Hall–Kier alpha value is -1.16. The zero-order valence-electron chi connectivity index (χ0n) is 10.2. The maximum absolute atomic E-state index is 5.76. The van der Waals surface area contributed by atoms with Crippen LogP contribution in [-0.2, 0) is 0 Å². The average Bonchev–Trinajstić information content (AvgIpc) is 2.28. The van der Waals surface area contributed by atoms with Crippen molar-refractivity contribution in [1.29, 1.82) is 0 Å². The molecule has 1 aromatic heterocycles. The van der Waals surface area contributed by atoms with Gasteiger partial charge in [-0.15, -0.1) is 0 Å². The zero-order chi connectivity index (χ0) is 12.3. The van der Waals surface area contributed by atoms with Gasteiger partial charge in [0.15, 0.2) is 0 Å². The van der Waals surface area contributed by atoms with Gasteiger partial charge in [0.1, 0.15) is 4.99 Å². The molecule has 0 amide bonds. The second-order valence-electron chi connectivity index (χ2n) is 4.59. The fourth-order valence-corrected chi connectivity index (χ4v) is 2.40. The van der Waals surface area contributed by atoms with Crippen LogP contribution >= 0.6 is 12.2 Å². The quantitative estimate of drug-likeness (QED) is 0.813. The minimum Gasteiger partial charge on any atom is -0.389 e. The third-order valence-corrected chi connectivity index (χ3v) is 3.71. The minimum atomic E-state index is 0.453. The van der Waals surface area contributed by atoms with E-state index < -0.39 is 0 Å². The highest BCUT2D eigenvalue weighted by molar-refractivity contribution is 7.80. The summed E-state index contributed by atoms with van der Waals surface area (Å²) < 4.78 is 0. The fourth-order valence-electron chi connectivity index (χ4n) is 2.23. The lowest BCUT2D eigenvalue weighted by Crippen LogP contribution is -2.33. The first kappa shape index (κ1) is 12.3. The normalized spacial score (nSPS) is 15.4. The molecular formula is C13H19N3S. The van der Waals surface area contributed by atoms with Gasteiger partial charge in [-0.05, 0) is 31.7 Å². The Kier molecular flexibility index (Phi) is 3.94. The molecule has 1 aliphatic carbocycles. The van der Waals surface area contributed by atoms with Crippen molar-refractivity contribution in [1.82, 2.24) is 4.98 Å². The van der Waals surface area contributed by atoms with Crippen LogP contribution in [0.3, 0.4) is 0 Å². The van der Waals surface area contributed by atoms with E-state index in [1.165, 1.54) is 19.3 Å². The van der Waals surface area contributed by atoms with Gasteiger partial charge in [0.25, 0.3) is 0 Å². The molecule has 4 heteroatoms. The molecule has 17 heavy (non-hydrogen) atoms. The molecule has 1 aliphatic rings. The highest BCUT2D eigenvalue weighted by atomic mass is 32.1. The first-order valence-electron chi connectivity index (χ1n) is 6.21. The minimum absolute atomic E-state index is 0.453. The number of thiocarbonyl (C=S) groups is 1. The lowest BCUT2D eigenvalue weighted by Gasteiger charge is -2.33. The molecule has 1 saturated carbocycles. The molecule has 0 radical (unpaired) electrons. The van der Waals surface area contributed by atoms with Crippen molar-refractivity contribution in [3.8, 4) is 0 Å². The molecule has 0 atom stereocenters. The van der Waals surface area contributed by atoms with E-state index >= 15 is 0 Å². The Balaban J connectivity index is 2.19. The Bertz CT molecular complexity index is 401. The Labute approximate surface area is 108 Å². The summed E-state index contributed by atoms with van der Waals surface area (Å²) in [5, 5.41) is 0. The summed E-state index contributed by atoms with van der Waals surface area (Å²) >= 11 is 5.10. The van der Waals surface area contributed by atoms with Crippen LogP contribution in [0.25, 0.3) is 0 Å². The van der Waals surface area contributed by atoms with Crippen molar-refractivity contribution < 1.29 is 0 Å². The molecule has 92 valence electrons. The first-order valence-corrected chi connectivity index (χ1v) is 6.62. The van der Waals surface area contributed by atoms with E-state index in [1.54, 1.807) is 6.20 Å². The van der Waals surface area contributed by atoms with Crippen molar-refractivity contribution in [2.75, 3.05) is 18.0 Å². The SMILES string of the molecule is CCN(CC1CCC1)c1cnccc1C(N)=S. The van der Waals surface area contributed by atoms with Gasteiger partial charge in [0, 0.05) is 24.8 Å². The number of nitrogens with two attached hydrogens (primary N) is 1. The third-order valence-electron chi connectivity index (χ3n) is 3.49. The zero-order valence-corrected chi connectivity index (χ0v) is 11.0. The molecule has 0 spiro atoms. The molecule has 3 nitrogen and oxygen atoms in total. The fraction of sp³-hybridized carbons (Fsp3) is 0.538. The predicted octanol–water partition coefficient (Wildman–Crippen LogP) is 2.34. The van der Waals surface area contributed by atoms with Crippen molar-refractivity contribution in [2.45, 2.75) is 26.2 Å². The second-order valence-corrected chi connectivity index (χ2v) is 5.03. The van der Waals surface area contributed by atoms with E-state index in [0.29, 0.717) is 4.99 Å². The summed E-state index contributed by atoms with van der Waals surface area (Å²) in [7, 11) is 0. The lowest BCUT2D eigenvalue weighted by atomic mass is 9.85. The highest BCUT2D eigenvalue weighted by Gasteiger charge is 2.21. The number of hydrogen-bond donors (Lipinski definition) is 1. The van der Waals surface area contributed by atoms with Crippen molar-refractivity contribution in [3.63, 3.8) is 0 Å². The molecule has 1 aromatic rings. The Morgan fingerprint density at radius 2 is 2.35 bits per heavy atom. The van der Waals surface area contributed by atoms with Gasteiger partial charge in [0.05, 0.1) is 11.9 Å². The molecule has 0 saturated heterocycles. The molecule has 0 aromatic carbocycles. The smallest absolute Gasteiger partial charge is 0.106 e. The standard InChI is InChI=1S/C13H19N3S/c1-2-16(9-10-4-3-5-10)12-8-15-7-6-11(12)13(14)17/h6-8,10H,2-5,9H2,1H3,(H2,14,17). The van der Waals surface area contributed by atoms with Crippen LogP contribution in [0.4, 0.5) is 5.69 Å². The monoisotopic (exact) mass is 249 g/mol. The number of hydrogen-bond acceptors (Lipinski definition) is 3. The van der Waals surface area contributed by atoms with Crippen LogP contribution in [0, 0.1) is 5.92 Å². The highest BCUT2D eigenvalue weighted by Crippen LogP contribution is 2.29. The summed E-state index contributed by atoms with van der Waals surface area (Å²) in [5.41, 5.74) is 7.78. The van der Waals surface area contributed by atoms with Crippen LogP contribution in [-0.4, -0.2) is 23.1 Å². The average molecular weight is 249 g/mol. The lowest BCUT2D eigenvalue weighted by molar-refractivity contribution is 0.318. The number of anilines is 1. The molecule has 0 unspecified atom stereocenters. The topological polar surface area (TPSA) is 42.2 Å². The molecule has 2 N–H and O–H groups in total. The molecule has 1 heterocycles. The predicted molar refractivity (Wildman–Crippen MR) is 75.4 cm³/mol. The van der Waals surface area contributed by atoms with Gasteiger partial charge in [0.2, 0.25) is 0 Å². The van der Waals surface area contributed by atoms with Crippen LogP contribution in [0.2, 0.25) is 0 Å². The van der Waals surface area contributed by atoms with E-state index in [2.05, 4.69) is 16.8 Å². The van der Waals surface area contributed by atoms with E-state index in [9.17, 15) is 0 Å². The summed E-state index contributed by atoms with van der Waals surface area (Å²) in [5.74, 6) is 0.828. The molecular weight excluding hydrogens is 230 g/mol. The second kappa shape index (κ2) is 5.45.